The normalized spacial score (nSPS) is 18.8. The van der Waals surface area contributed by atoms with E-state index in [-0.39, 0.29) is 29.7 Å². The molecule has 50 heavy (non-hydrogen) atoms. The fraction of sp³-hybridized carbons (Fsp3) is 0.459. The zero-order valence-electron chi connectivity index (χ0n) is 28.8. The highest BCUT2D eigenvalue weighted by Crippen LogP contribution is 2.35. The van der Waals surface area contributed by atoms with Crippen LogP contribution in [0.5, 0.6) is 5.75 Å². The third-order valence-corrected chi connectivity index (χ3v) is 10.0. The van der Waals surface area contributed by atoms with E-state index in [9.17, 15) is 14.4 Å². The molecule has 7 rings (SSSR count). The van der Waals surface area contributed by atoms with Gasteiger partial charge in [0.2, 0.25) is 17.8 Å². The Labute approximate surface area is 292 Å². The summed E-state index contributed by atoms with van der Waals surface area (Å²) in [5.74, 6) is 1.09. The first-order chi connectivity index (χ1) is 24.3. The largest absolute Gasteiger partial charge is 0.492 e. The molecule has 1 saturated carbocycles. The number of nitrogens with one attached hydrogen (secondary N) is 2. The fourth-order valence-electron chi connectivity index (χ4n) is 7.29. The first kappa shape index (κ1) is 33.5. The molecule has 13 heteroatoms. The van der Waals surface area contributed by atoms with E-state index in [1.54, 1.807) is 31.4 Å². The number of piperazine rings is 1. The lowest BCUT2D eigenvalue weighted by Crippen LogP contribution is -2.46. The van der Waals surface area contributed by atoms with Crippen molar-refractivity contribution in [2.24, 2.45) is 0 Å². The zero-order chi connectivity index (χ0) is 34.6. The highest BCUT2D eigenvalue weighted by Gasteiger charge is 2.29. The van der Waals surface area contributed by atoms with Gasteiger partial charge in [0, 0.05) is 76.6 Å². The average Bonchev–Trinajstić information content (AvgIpc) is 3.79. The van der Waals surface area contributed by atoms with E-state index in [0.29, 0.717) is 42.7 Å². The van der Waals surface area contributed by atoms with E-state index in [4.69, 9.17) is 9.72 Å². The van der Waals surface area contributed by atoms with Crippen molar-refractivity contribution in [3.63, 3.8) is 0 Å². The summed E-state index contributed by atoms with van der Waals surface area (Å²) in [6, 6.07) is 14.1. The van der Waals surface area contributed by atoms with E-state index in [2.05, 4.69) is 47.1 Å². The van der Waals surface area contributed by atoms with Crippen molar-refractivity contribution < 1.29 is 19.1 Å². The van der Waals surface area contributed by atoms with Crippen LogP contribution in [0.2, 0.25) is 0 Å². The first-order valence-electron chi connectivity index (χ1n) is 17.7. The van der Waals surface area contributed by atoms with Crippen molar-refractivity contribution in [2.45, 2.75) is 56.9 Å². The van der Waals surface area contributed by atoms with Crippen LogP contribution in [0.1, 0.15) is 73.0 Å². The monoisotopic (exact) mass is 679 g/mol. The number of hydrogen-bond donors (Lipinski definition) is 2. The van der Waals surface area contributed by atoms with E-state index < -0.39 is 0 Å². The van der Waals surface area contributed by atoms with Crippen molar-refractivity contribution in [2.75, 3.05) is 63.6 Å². The van der Waals surface area contributed by atoms with Crippen LogP contribution in [-0.4, -0.2) is 100 Å². The van der Waals surface area contributed by atoms with Crippen molar-refractivity contribution >= 4 is 46.2 Å². The molecule has 13 nitrogen and oxygen atoms in total. The quantitative estimate of drug-likeness (QED) is 0.172. The maximum Gasteiger partial charge on any atom is 0.270 e. The summed E-state index contributed by atoms with van der Waals surface area (Å²) in [6.45, 7) is 5.39. The van der Waals surface area contributed by atoms with Crippen LogP contribution in [-0.2, 0) is 9.59 Å². The number of imide groups is 1. The summed E-state index contributed by atoms with van der Waals surface area (Å²) in [5, 5.41) is 6.51. The van der Waals surface area contributed by atoms with Crippen LogP contribution in [0.15, 0.2) is 54.9 Å². The van der Waals surface area contributed by atoms with Crippen molar-refractivity contribution in [1.82, 2.24) is 34.6 Å². The Morgan fingerprint density at radius 1 is 0.980 bits per heavy atom. The standard InChI is InChI=1S/C37H45N9O4/c1-43(2)36(49)31-22-26-23-39-37(42-34(26)46(31)28-6-3-4-7-28)40-32-14-12-29(24-38-32)50-21-5-16-44-17-19-45(20-18-44)27-10-8-25(9-11-27)30-13-15-33(47)41-35(30)48/h8-12,14,22-24,28,30H,3-7,13,15-21H2,1-2H3,(H,41,47,48)(H,38,39,40,42). The number of anilines is 3. The van der Waals surface area contributed by atoms with E-state index in [0.717, 1.165) is 87.1 Å². The SMILES string of the molecule is CN(C)C(=O)c1cc2cnc(Nc3ccc(OCCCN4CCN(c5ccc(C6CCC(=O)NC6=O)cc5)CC4)cn3)nc2n1C1CCCC1. The van der Waals surface area contributed by atoms with Gasteiger partial charge in [0.15, 0.2) is 0 Å². The van der Waals surface area contributed by atoms with Gasteiger partial charge in [-0.1, -0.05) is 25.0 Å². The third kappa shape index (κ3) is 7.42. The minimum Gasteiger partial charge on any atom is -0.492 e. The molecular weight excluding hydrogens is 634 g/mol. The Morgan fingerprint density at radius 3 is 2.46 bits per heavy atom. The predicted molar refractivity (Wildman–Crippen MR) is 191 cm³/mol. The number of rotatable bonds is 11. The van der Waals surface area contributed by atoms with Crippen molar-refractivity contribution in [3.8, 4) is 5.75 Å². The Hall–Kier alpha value is -5.04. The maximum absolute atomic E-state index is 13.0. The number of nitrogens with zero attached hydrogens (tertiary/aromatic N) is 7. The number of ether oxygens (including phenoxy) is 1. The van der Waals surface area contributed by atoms with Crippen molar-refractivity contribution in [3.05, 3.63) is 66.1 Å². The van der Waals surface area contributed by atoms with Crippen LogP contribution >= 0.6 is 0 Å². The summed E-state index contributed by atoms with van der Waals surface area (Å²) in [7, 11) is 3.55. The lowest BCUT2D eigenvalue weighted by atomic mass is 9.90. The molecular formula is C37H45N9O4. The number of carbonyl (C=O) groups excluding carboxylic acids is 3. The molecule has 0 radical (unpaired) electrons. The van der Waals surface area contributed by atoms with Crippen LogP contribution in [0.25, 0.3) is 11.0 Å². The molecule has 3 fully saturated rings. The molecule has 262 valence electrons. The van der Waals surface area contributed by atoms with Gasteiger partial charge in [-0.2, -0.15) is 4.98 Å². The van der Waals surface area contributed by atoms with Gasteiger partial charge in [-0.05, 0) is 61.6 Å². The van der Waals surface area contributed by atoms with Gasteiger partial charge in [0.25, 0.3) is 5.91 Å². The Balaban J connectivity index is 0.864. The second-order valence-corrected chi connectivity index (χ2v) is 13.6. The summed E-state index contributed by atoms with van der Waals surface area (Å²) in [4.78, 5) is 57.0. The summed E-state index contributed by atoms with van der Waals surface area (Å²) in [6.07, 6.45) is 9.72. The highest BCUT2D eigenvalue weighted by atomic mass is 16.5. The second kappa shape index (κ2) is 14.8. The molecule has 0 bridgehead atoms. The smallest absolute Gasteiger partial charge is 0.270 e. The molecule has 1 atom stereocenters. The summed E-state index contributed by atoms with van der Waals surface area (Å²) >= 11 is 0. The van der Waals surface area contributed by atoms with E-state index >= 15 is 0 Å². The molecule has 3 aliphatic rings. The molecule has 1 unspecified atom stereocenters. The molecule has 5 heterocycles. The fourth-order valence-corrected chi connectivity index (χ4v) is 7.29. The number of carbonyl (C=O) groups is 3. The Kier molecular flexibility index (Phi) is 9.92. The maximum atomic E-state index is 13.0. The molecule has 3 amide bonds. The van der Waals surface area contributed by atoms with Gasteiger partial charge in [-0.25, -0.2) is 9.97 Å². The number of piperidine rings is 1. The number of amides is 3. The lowest BCUT2D eigenvalue weighted by molar-refractivity contribution is -0.134. The van der Waals surface area contributed by atoms with Gasteiger partial charge in [0.05, 0.1) is 18.7 Å². The van der Waals surface area contributed by atoms with Crippen LogP contribution in [0, 0.1) is 0 Å². The first-order valence-corrected chi connectivity index (χ1v) is 17.7. The molecule has 0 spiro atoms. The molecule has 2 N–H and O–H groups in total. The van der Waals surface area contributed by atoms with Crippen molar-refractivity contribution in [1.29, 1.82) is 0 Å². The molecule has 4 aromatic rings. The second-order valence-electron chi connectivity index (χ2n) is 13.6. The minimum absolute atomic E-state index is 0.0306. The van der Waals surface area contributed by atoms with E-state index in [1.807, 2.05) is 30.3 Å². The van der Waals surface area contributed by atoms with E-state index in [1.165, 1.54) is 0 Å². The zero-order valence-corrected chi connectivity index (χ0v) is 28.8. The number of aromatic nitrogens is 4. The summed E-state index contributed by atoms with van der Waals surface area (Å²) in [5.41, 5.74) is 3.54. The van der Waals surface area contributed by atoms with Crippen LogP contribution in [0.3, 0.4) is 0 Å². The van der Waals surface area contributed by atoms with Gasteiger partial charge >= 0.3 is 0 Å². The van der Waals surface area contributed by atoms with Gasteiger partial charge in [-0.3, -0.25) is 24.6 Å². The Morgan fingerprint density at radius 2 is 1.76 bits per heavy atom. The number of pyridine rings is 1. The number of benzene rings is 1. The molecule has 1 aliphatic carbocycles. The Bertz CT molecular complexity index is 1830. The third-order valence-electron chi connectivity index (χ3n) is 10.0. The van der Waals surface area contributed by atoms with Crippen LogP contribution in [0.4, 0.5) is 17.5 Å². The van der Waals surface area contributed by atoms with Crippen LogP contribution < -0.4 is 20.3 Å². The minimum atomic E-state index is -0.252. The highest BCUT2D eigenvalue weighted by molar-refractivity contribution is 6.01. The average molecular weight is 680 g/mol. The molecule has 2 aliphatic heterocycles. The predicted octanol–water partition coefficient (Wildman–Crippen LogP) is 4.50. The van der Waals surface area contributed by atoms with Gasteiger partial charge in [0.1, 0.15) is 22.9 Å². The summed E-state index contributed by atoms with van der Waals surface area (Å²) < 4.78 is 8.10. The lowest BCUT2D eigenvalue weighted by Gasteiger charge is -2.36. The van der Waals surface area contributed by atoms with Gasteiger partial charge < -0.3 is 24.4 Å². The number of hydrogen-bond acceptors (Lipinski definition) is 10. The molecule has 3 aromatic heterocycles. The molecule has 1 aromatic carbocycles. The van der Waals surface area contributed by atoms with Gasteiger partial charge in [-0.15, -0.1) is 0 Å². The topological polar surface area (TPSA) is 138 Å². The molecule has 2 saturated heterocycles. The number of fused-ring (bicyclic) bond motifs is 1.